The highest BCUT2D eigenvalue weighted by Gasteiger charge is 2.17. The van der Waals surface area contributed by atoms with Crippen molar-refractivity contribution < 1.29 is 0 Å². The van der Waals surface area contributed by atoms with E-state index in [0.29, 0.717) is 0 Å². The Bertz CT molecular complexity index is 486. The molecule has 1 saturated heterocycles. The van der Waals surface area contributed by atoms with E-state index in [1.807, 2.05) is 18.2 Å². The minimum absolute atomic E-state index is 0.749. The van der Waals surface area contributed by atoms with E-state index >= 15 is 0 Å². The van der Waals surface area contributed by atoms with Gasteiger partial charge in [0.2, 0.25) is 0 Å². The van der Waals surface area contributed by atoms with Gasteiger partial charge in [-0.3, -0.25) is 5.10 Å². The van der Waals surface area contributed by atoms with Crippen molar-refractivity contribution in [2.45, 2.75) is 12.8 Å². The molecular weight excluding hydrogens is 210 g/mol. The maximum Gasteiger partial charge on any atom is 0.158 e. The van der Waals surface area contributed by atoms with Crippen molar-refractivity contribution in [3.05, 3.63) is 23.2 Å². The molecule has 0 radical (unpaired) electrons. The normalized spacial score (nSPS) is 16.5. The molecule has 4 heteroatoms. The lowest BCUT2D eigenvalue weighted by molar-refractivity contribution is 0.926. The number of halogens is 1. The molecule has 0 saturated carbocycles. The molecule has 0 bridgehead atoms. The average Bonchev–Trinajstić information content (AvgIpc) is 2.82. The van der Waals surface area contributed by atoms with Crippen molar-refractivity contribution in [2.75, 3.05) is 18.0 Å². The van der Waals surface area contributed by atoms with E-state index in [9.17, 15) is 0 Å². The number of fused-ring (bicyclic) bond motifs is 1. The summed E-state index contributed by atoms with van der Waals surface area (Å²) in [6.45, 7) is 2.23. The van der Waals surface area contributed by atoms with Gasteiger partial charge in [-0.05, 0) is 31.0 Å². The molecule has 0 aliphatic carbocycles. The summed E-state index contributed by atoms with van der Waals surface area (Å²) >= 11 is 5.93. The fraction of sp³-hybridized carbons (Fsp3) is 0.364. The molecule has 1 aliphatic heterocycles. The van der Waals surface area contributed by atoms with Crippen LogP contribution in [-0.2, 0) is 0 Å². The summed E-state index contributed by atoms with van der Waals surface area (Å²) in [4.78, 5) is 2.33. The Morgan fingerprint density at radius 3 is 2.87 bits per heavy atom. The first kappa shape index (κ1) is 9.04. The number of aromatic nitrogens is 2. The van der Waals surface area contributed by atoms with Crippen LogP contribution in [0.1, 0.15) is 12.8 Å². The van der Waals surface area contributed by atoms with Gasteiger partial charge < -0.3 is 4.90 Å². The van der Waals surface area contributed by atoms with Crippen molar-refractivity contribution in [3.63, 3.8) is 0 Å². The van der Waals surface area contributed by atoms with Gasteiger partial charge in [0.05, 0.1) is 5.52 Å². The number of nitrogens with one attached hydrogen (secondary N) is 1. The molecule has 78 valence electrons. The molecule has 15 heavy (non-hydrogen) atoms. The summed E-state index contributed by atoms with van der Waals surface area (Å²) in [5, 5.41) is 9.31. The first-order chi connectivity index (χ1) is 7.34. The highest BCUT2D eigenvalue weighted by molar-refractivity contribution is 6.31. The van der Waals surface area contributed by atoms with Crippen LogP contribution in [0.2, 0.25) is 5.02 Å². The van der Waals surface area contributed by atoms with Gasteiger partial charge in [0.1, 0.15) is 0 Å². The van der Waals surface area contributed by atoms with Crippen LogP contribution < -0.4 is 4.90 Å². The third kappa shape index (κ3) is 1.47. The van der Waals surface area contributed by atoms with Gasteiger partial charge in [-0.25, -0.2) is 0 Å². The Labute approximate surface area is 93.0 Å². The second-order valence-electron chi connectivity index (χ2n) is 3.93. The Morgan fingerprint density at radius 2 is 2.07 bits per heavy atom. The average molecular weight is 222 g/mol. The maximum atomic E-state index is 5.93. The fourth-order valence-electron chi connectivity index (χ4n) is 2.15. The predicted molar refractivity (Wildman–Crippen MR) is 62.6 cm³/mol. The van der Waals surface area contributed by atoms with Crippen LogP contribution >= 0.6 is 11.6 Å². The Balaban J connectivity index is 2.11. The second kappa shape index (κ2) is 3.42. The van der Waals surface area contributed by atoms with Crippen molar-refractivity contribution in [1.82, 2.24) is 10.2 Å². The highest BCUT2D eigenvalue weighted by atomic mass is 35.5. The van der Waals surface area contributed by atoms with E-state index < -0.39 is 0 Å². The van der Waals surface area contributed by atoms with Crippen molar-refractivity contribution in [2.24, 2.45) is 0 Å². The molecule has 1 aromatic heterocycles. The topological polar surface area (TPSA) is 31.9 Å². The number of aromatic amines is 1. The third-order valence-corrected chi connectivity index (χ3v) is 3.15. The van der Waals surface area contributed by atoms with Crippen LogP contribution in [-0.4, -0.2) is 23.3 Å². The summed E-state index contributed by atoms with van der Waals surface area (Å²) < 4.78 is 0. The molecule has 2 heterocycles. The molecule has 0 amide bonds. The van der Waals surface area contributed by atoms with Crippen molar-refractivity contribution >= 4 is 28.3 Å². The number of nitrogens with zero attached hydrogens (tertiary/aromatic N) is 2. The summed E-state index contributed by atoms with van der Waals surface area (Å²) in [6.07, 6.45) is 2.53. The van der Waals surface area contributed by atoms with Gasteiger partial charge in [0, 0.05) is 23.5 Å². The van der Waals surface area contributed by atoms with Crippen molar-refractivity contribution in [1.29, 1.82) is 0 Å². The SMILES string of the molecule is Clc1ccc2c(N3CCCC3)n[nH]c2c1. The third-order valence-electron chi connectivity index (χ3n) is 2.91. The van der Waals surface area contributed by atoms with Gasteiger partial charge in [0.15, 0.2) is 5.82 Å². The van der Waals surface area contributed by atoms with Crippen molar-refractivity contribution in [3.8, 4) is 0 Å². The lowest BCUT2D eigenvalue weighted by Gasteiger charge is -2.13. The molecule has 3 nitrogen and oxygen atoms in total. The predicted octanol–water partition coefficient (Wildman–Crippen LogP) is 2.82. The first-order valence-corrected chi connectivity index (χ1v) is 5.61. The highest BCUT2D eigenvalue weighted by Crippen LogP contribution is 2.28. The van der Waals surface area contributed by atoms with Crippen LogP contribution in [0, 0.1) is 0 Å². The van der Waals surface area contributed by atoms with Crippen LogP contribution in [0.15, 0.2) is 18.2 Å². The monoisotopic (exact) mass is 221 g/mol. The summed E-state index contributed by atoms with van der Waals surface area (Å²) in [6, 6.07) is 5.87. The zero-order valence-electron chi connectivity index (χ0n) is 8.33. The van der Waals surface area contributed by atoms with Gasteiger partial charge >= 0.3 is 0 Å². The molecule has 0 spiro atoms. The zero-order valence-corrected chi connectivity index (χ0v) is 9.09. The Kier molecular flexibility index (Phi) is 2.06. The molecular formula is C11H12ClN3. The van der Waals surface area contributed by atoms with Crippen LogP contribution in [0.4, 0.5) is 5.82 Å². The lowest BCUT2D eigenvalue weighted by Crippen LogP contribution is -2.18. The number of hydrogen-bond acceptors (Lipinski definition) is 2. The Morgan fingerprint density at radius 1 is 1.27 bits per heavy atom. The standard InChI is InChI=1S/C11H12ClN3/c12-8-3-4-9-10(7-8)13-14-11(9)15-5-1-2-6-15/h3-4,7H,1-2,5-6H2,(H,13,14). The van der Waals surface area contributed by atoms with Gasteiger partial charge in [-0.15, -0.1) is 0 Å². The molecule has 1 N–H and O–H groups in total. The summed E-state index contributed by atoms with van der Waals surface area (Å²) in [5.41, 5.74) is 1.02. The zero-order chi connectivity index (χ0) is 10.3. The van der Waals surface area contributed by atoms with Gasteiger partial charge in [0.25, 0.3) is 0 Å². The summed E-state index contributed by atoms with van der Waals surface area (Å²) in [5.74, 6) is 1.07. The molecule has 1 aromatic carbocycles. The second-order valence-corrected chi connectivity index (χ2v) is 4.37. The Hall–Kier alpha value is -1.22. The number of hydrogen-bond donors (Lipinski definition) is 1. The lowest BCUT2D eigenvalue weighted by atomic mass is 10.2. The quantitative estimate of drug-likeness (QED) is 0.803. The number of rotatable bonds is 1. The van der Waals surface area contributed by atoms with Gasteiger partial charge in [-0.2, -0.15) is 5.10 Å². The maximum absolute atomic E-state index is 5.93. The summed E-state index contributed by atoms with van der Waals surface area (Å²) in [7, 11) is 0. The molecule has 3 rings (SSSR count). The molecule has 1 aliphatic rings. The molecule has 0 unspecified atom stereocenters. The van der Waals surface area contributed by atoms with E-state index in [1.54, 1.807) is 0 Å². The van der Waals surface area contributed by atoms with Crippen LogP contribution in [0.3, 0.4) is 0 Å². The van der Waals surface area contributed by atoms with E-state index in [2.05, 4.69) is 15.1 Å². The van der Waals surface area contributed by atoms with Crippen LogP contribution in [0.5, 0.6) is 0 Å². The molecule has 2 aromatic rings. The first-order valence-electron chi connectivity index (χ1n) is 5.23. The van der Waals surface area contributed by atoms with E-state index in [0.717, 1.165) is 29.4 Å². The van der Waals surface area contributed by atoms with Gasteiger partial charge in [-0.1, -0.05) is 11.6 Å². The van der Waals surface area contributed by atoms with E-state index in [-0.39, 0.29) is 0 Å². The number of benzene rings is 1. The fourth-order valence-corrected chi connectivity index (χ4v) is 2.32. The smallest absolute Gasteiger partial charge is 0.158 e. The van der Waals surface area contributed by atoms with E-state index in [1.165, 1.54) is 18.2 Å². The van der Waals surface area contributed by atoms with Crippen LogP contribution in [0.25, 0.3) is 10.9 Å². The molecule has 1 fully saturated rings. The largest absolute Gasteiger partial charge is 0.355 e. The molecule has 0 atom stereocenters. The minimum Gasteiger partial charge on any atom is -0.355 e. The number of H-pyrrole nitrogens is 1. The van der Waals surface area contributed by atoms with E-state index in [4.69, 9.17) is 11.6 Å². The minimum atomic E-state index is 0.749. The number of anilines is 1.